The number of amides is 1. The molecule has 2 heterocycles. The second-order valence-electron chi connectivity index (χ2n) is 6.51. The summed E-state index contributed by atoms with van der Waals surface area (Å²) in [6.07, 6.45) is 5.52. The fourth-order valence-electron chi connectivity index (χ4n) is 2.99. The fraction of sp³-hybridized carbons (Fsp3) is 0.143. The molecular weight excluding hydrogens is 324 g/mol. The van der Waals surface area contributed by atoms with Crippen molar-refractivity contribution in [1.82, 2.24) is 19.9 Å². The van der Waals surface area contributed by atoms with Crippen molar-refractivity contribution in [3.63, 3.8) is 0 Å². The summed E-state index contributed by atoms with van der Waals surface area (Å²) in [6.45, 7) is 3.33. The highest BCUT2D eigenvalue weighted by Crippen LogP contribution is 2.17. The van der Waals surface area contributed by atoms with Crippen molar-refractivity contribution in [2.24, 2.45) is 0 Å². The first-order chi connectivity index (χ1) is 12.7. The molecular formula is C21H20N4O. The molecule has 4 rings (SSSR count). The number of H-pyrrole nitrogens is 1. The van der Waals surface area contributed by atoms with E-state index in [1.807, 2.05) is 54.1 Å². The summed E-state index contributed by atoms with van der Waals surface area (Å²) in [5.74, 6) is -0.0960. The number of hydrogen-bond donors (Lipinski definition) is 2. The third-order valence-electron chi connectivity index (χ3n) is 4.42. The van der Waals surface area contributed by atoms with E-state index in [2.05, 4.69) is 27.4 Å². The van der Waals surface area contributed by atoms with Crippen LogP contribution in [-0.4, -0.2) is 20.4 Å². The minimum atomic E-state index is -0.0960. The van der Waals surface area contributed by atoms with Crippen LogP contribution in [0.2, 0.25) is 0 Å². The zero-order chi connectivity index (χ0) is 17.9. The Balaban J connectivity index is 1.38. The Hall–Kier alpha value is -3.34. The van der Waals surface area contributed by atoms with Gasteiger partial charge in [0, 0.05) is 36.4 Å². The lowest BCUT2D eigenvalue weighted by Gasteiger charge is -2.06. The van der Waals surface area contributed by atoms with Gasteiger partial charge in [0.2, 0.25) is 0 Å². The van der Waals surface area contributed by atoms with Gasteiger partial charge >= 0.3 is 0 Å². The Morgan fingerprint density at radius 3 is 2.69 bits per heavy atom. The Kier molecular flexibility index (Phi) is 4.27. The third kappa shape index (κ3) is 3.52. The van der Waals surface area contributed by atoms with Crippen LogP contribution in [0.1, 0.15) is 27.2 Å². The standard InChI is InChI=1S/C21H20N4O/c1-15-2-7-18-11-20(24-19(18)10-15)21(26)23-12-16-3-5-17(6-4-16)13-25-9-8-22-14-25/h2-11,14,24H,12-13H2,1H3,(H,23,26). The van der Waals surface area contributed by atoms with Crippen LogP contribution in [0, 0.1) is 6.92 Å². The number of hydrogen-bond acceptors (Lipinski definition) is 2. The number of nitrogens with one attached hydrogen (secondary N) is 2. The van der Waals surface area contributed by atoms with Gasteiger partial charge in [-0.25, -0.2) is 4.98 Å². The molecule has 0 bridgehead atoms. The average Bonchev–Trinajstić information content (AvgIpc) is 3.30. The Labute approximate surface area is 151 Å². The highest BCUT2D eigenvalue weighted by molar-refractivity contribution is 5.98. The second-order valence-corrected chi connectivity index (χ2v) is 6.51. The van der Waals surface area contributed by atoms with Gasteiger partial charge in [-0.1, -0.05) is 36.4 Å². The summed E-state index contributed by atoms with van der Waals surface area (Å²) in [5.41, 5.74) is 5.01. The van der Waals surface area contributed by atoms with E-state index in [0.29, 0.717) is 12.2 Å². The molecule has 5 nitrogen and oxygen atoms in total. The summed E-state index contributed by atoms with van der Waals surface area (Å²) in [7, 11) is 0. The molecule has 0 unspecified atom stereocenters. The zero-order valence-electron chi connectivity index (χ0n) is 14.6. The lowest BCUT2D eigenvalue weighted by Crippen LogP contribution is -2.23. The van der Waals surface area contributed by atoms with E-state index in [1.165, 1.54) is 11.1 Å². The van der Waals surface area contributed by atoms with E-state index in [-0.39, 0.29) is 5.91 Å². The molecule has 2 aromatic carbocycles. The highest BCUT2D eigenvalue weighted by Gasteiger charge is 2.09. The number of carbonyl (C=O) groups is 1. The monoisotopic (exact) mass is 344 g/mol. The maximum atomic E-state index is 12.4. The van der Waals surface area contributed by atoms with Crippen molar-refractivity contribution in [3.8, 4) is 0 Å². The number of imidazole rings is 1. The molecule has 5 heteroatoms. The van der Waals surface area contributed by atoms with E-state index >= 15 is 0 Å². The van der Waals surface area contributed by atoms with E-state index < -0.39 is 0 Å². The third-order valence-corrected chi connectivity index (χ3v) is 4.42. The van der Waals surface area contributed by atoms with Crippen molar-refractivity contribution in [3.05, 3.63) is 89.6 Å². The van der Waals surface area contributed by atoms with Gasteiger partial charge in [-0.05, 0) is 35.7 Å². The SMILES string of the molecule is Cc1ccc2cc(C(=O)NCc3ccc(Cn4ccnc4)cc3)[nH]c2c1. The van der Waals surface area contributed by atoms with Crippen LogP contribution in [0.5, 0.6) is 0 Å². The van der Waals surface area contributed by atoms with E-state index in [1.54, 1.807) is 12.5 Å². The predicted octanol–water partition coefficient (Wildman–Crippen LogP) is 3.65. The largest absolute Gasteiger partial charge is 0.351 e. The maximum Gasteiger partial charge on any atom is 0.267 e. The summed E-state index contributed by atoms with van der Waals surface area (Å²) < 4.78 is 2.02. The zero-order valence-corrected chi connectivity index (χ0v) is 14.6. The normalized spacial score (nSPS) is 11.0. The van der Waals surface area contributed by atoms with E-state index in [9.17, 15) is 4.79 Å². The molecule has 0 aliphatic rings. The van der Waals surface area contributed by atoms with Crippen molar-refractivity contribution >= 4 is 16.8 Å². The summed E-state index contributed by atoms with van der Waals surface area (Å²) >= 11 is 0. The molecule has 4 aromatic rings. The van der Waals surface area contributed by atoms with Crippen LogP contribution in [-0.2, 0) is 13.1 Å². The molecule has 2 aromatic heterocycles. The van der Waals surface area contributed by atoms with Gasteiger partial charge in [-0.2, -0.15) is 0 Å². The molecule has 0 fully saturated rings. The Morgan fingerprint density at radius 2 is 1.92 bits per heavy atom. The molecule has 0 atom stereocenters. The lowest BCUT2D eigenvalue weighted by molar-refractivity contribution is 0.0947. The number of rotatable bonds is 5. The van der Waals surface area contributed by atoms with Gasteiger partial charge in [0.25, 0.3) is 5.91 Å². The molecule has 130 valence electrons. The second kappa shape index (κ2) is 6.88. The molecule has 0 aliphatic heterocycles. The van der Waals surface area contributed by atoms with Crippen LogP contribution in [0.4, 0.5) is 0 Å². The smallest absolute Gasteiger partial charge is 0.267 e. The molecule has 1 amide bonds. The van der Waals surface area contributed by atoms with Gasteiger partial charge in [-0.15, -0.1) is 0 Å². The first-order valence-corrected chi connectivity index (χ1v) is 8.58. The average molecular weight is 344 g/mol. The van der Waals surface area contributed by atoms with Gasteiger partial charge < -0.3 is 14.9 Å². The number of aromatic amines is 1. The summed E-state index contributed by atoms with van der Waals surface area (Å²) in [6, 6.07) is 16.2. The molecule has 0 spiro atoms. The van der Waals surface area contributed by atoms with Gasteiger partial charge in [0.1, 0.15) is 5.69 Å². The first kappa shape index (κ1) is 16.1. The van der Waals surface area contributed by atoms with Gasteiger partial charge in [-0.3, -0.25) is 4.79 Å². The minimum absolute atomic E-state index is 0.0960. The van der Waals surface area contributed by atoms with Crippen LogP contribution < -0.4 is 5.32 Å². The van der Waals surface area contributed by atoms with Crippen LogP contribution in [0.3, 0.4) is 0 Å². The van der Waals surface area contributed by atoms with E-state index in [0.717, 1.165) is 23.0 Å². The molecule has 2 N–H and O–H groups in total. The number of aryl methyl sites for hydroxylation is 1. The number of fused-ring (bicyclic) bond motifs is 1. The Bertz CT molecular complexity index is 1030. The number of carbonyl (C=O) groups excluding carboxylic acids is 1. The number of nitrogens with zero attached hydrogens (tertiary/aromatic N) is 2. The van der Waals surface area contributed by atoms with Crippen LogP contribution in [0.15, 0.2) is 67.3 Å². The lowest BCUT2D eigenvalue weighted by atomic mass is 10.1. The Morgan fingerprint density at radius 1 is 1.12 bits per heavy atom. The fourth-order valence-corrected chi connectivity index (χ4v) is 2.99. The maximum absolute atomic E-state index is 12.4. The van der Waals surface area contributed by atoms with Crippen molar-refractivity contribution < 1.29 is 4.79 Å². The molecule has 0 saturated carbocycles. The first-order valence-electron chi connectivity index (χ1n) is 8.58. The predicted molar refractivity (Wildman–Crippen MR) is 102 cm³/mol. The van der Waals surface area contributed by atoms with Gasteiger partial charge in [0.05, 0.1) is 6.33 Å². The number of aromatic nitrogens is 3. The molecule has 0 aliphatic carbocycles. The number of benzene rings is 2. The van der Waals surface area contributed by atoms with Crippen molar-refractivity contribution in [1.29, 1.82) is 0 Å². The van der Waals surface area contributed by atoms with Gasteiger partial charge in [0.15, 0.2) is 0 Å². The molecule has 0 saturated heterocycles. The minimum Gasteiger partial charge on any atom is -0.351 e. The summed E-state index contributed by atoms with van der Waals surface area (Å²) in [4.78, 5) is 19.6. The van der Waals surface area contributed by atoms with Crippen molar-refractivity contribution in [2.75, 3.05) is 0 Å². The highest BCUT2D eigenvalue weighted by atomic mass is 16.1. The van der Waals surface area contributed by atoms with Crippen LogP contribution in [0.25, 0.3) is 10.9 Å². The quantitative estimate of drug-likeness (QED) is 0.580. The molecule has 26 heavy (non-hydrogen) atoms. The van der Waals surface area contributed by atoms with Crippen molar-refractivity contribution in [2.45, 2.75) is 20.0 Å². The van der Waals surface area contributed by atoms with Crippen LogP contribution >= 0.6 is 0 Å². The van der Waals surface area contributed by atoms with E-state index in [4.69, 9.17) is 0 Å². The molecule has 0 radical (unpaired) electrons. The summed E-state index contributed by atoms with van der Waals surface area (Å²) in [5, 5.41) is 4.02. The topological polar surface area (TPSA) is 62.7 Å².